The minimum atomic E-state index is -0.343. The molecule has 3 atom stereocenters. The van der Waals surface area contributed by atoms with Crippen LogP contribution >= 0.6 is 0 Å². The van der Waals surface area contributed by atoms with Gasteiger partial charge in [0.2, 0.25) is 0 Å². The number of rotatable bonds is 6. The summed E-state index contributed by atoms with van der Waals surface area (Å²) in [6.07, 6.45) is 0. The standard InChI is InChI=1S/C26H26O4/c1-4-30-26(27)25-23(17-9-13-19(28-2)14-10-17)21-7-5-6-8-22(21)24(25)18-11-15-20(29-3)16-12-18/h5-16,23-25H,4H2,1-3H3/t23-,24+,25-. The lowest BCUT2D eigenvalue weighted by molar-refractivity contribution is -0.148. The molecule has 0 amide bonds. The summed E-state index contributed by atoms with van der Waals surface area (Å²) < 4.78 is 16.2. The second kappa shape index (κ2) is 8.62. The highest BCUT2D eigenvalue weighted by atomic mass is 16.5. The molecule has 3 aromatic rings. The second-order valence-electron chi connectivity index (χ2n) is 7.41. The van der Waals surface area contributed by atoms with Crippen LogP contribution in [-0.4, -0.2) is 26.8 Å². The minimum Gasteiger partial charge on any atom is -0.497 e. The van der Waals surface area contributed by atoms with Crippen molar-refractivity contribution in [2.24, 2.45) is 5.92 Å². The van der Waals surface area contributed by atoms with Gasteiger partial charge in [-0.3, -0.25) is 4.79 Å². The summed E-state index contributed by atoms with van der Waals surface area (Å²) in [4.78, 5) is 13.3. The Morgan fingerprint density at radius 2 is 1.17 bits per heavy atom. The summed E-state index contributed by atoms with van der Waals surface area (Å²) in [5, 5.41) is 0. The van der Waals surface area contributed by atoms with Crippen LogP contribution in [0.1, 0.15) is 41.0 Å². The van der Waals surface area contributed by atoms with Gasteiger partial charge in [-0.05, 0) is 53.4 Å². The molecular weight excluding hydrogens is 376 g/mol. The van der Waals surface area contributed by atoms with Crippen LogP contribution in [0.3, 0.4) is 0 Å². The van der Waals surface area contributed by atoms with Gasteiger partial charge >= 0.3 is 5.97 Å². The number of methoxy groups -OCH3 is 2. The average Bonchev–Trinajstić information content (AvgIpc) is 3.14. The van der Waals surface area contributed by atoms with Crippen molar-refractivity contribution in [3.8, 4) is 11.5 Å². The normalized spacial score (nSPS) is 19.8. The summed E-state index contributed by atoms with van der Waals surface area (Å²) in [7, 11) is 3.31. The number of hydrogen-bond acceptors (Lipinski definition) is 4. The molecule has 0 heterocycles. The first-order valence-electron chi connectivity index (χ1n) is 10.2. The van der Waals surface area contributed by atoms with Gasteiger partial charge in [0.15, 0.2) is 0 Å². The van der Waals surface area contributed by atoms with Crippen LogP contribution in [0.25, 0.3) is 0 Å². The topological polar surface area (TPSA) is 44.8 Å². The highest BCUT2D eigenvalue weighted by Crippen LogP contribution is 2.53. The lowest BCUT2D eigenvalue weighted by atomic mass is 9.79. The molecule has 0 fully saturated rings. The quantitative estimate of drug-likeness (QED) is 0.534. The molecule has 1 aliphatic rings. The van der Waals surface area contributed by atoms with E-state index in [4.69, 9.17) is 14.2 Å². The van der Waals surface area contributed by atoms with Crippen molar-refractivity contribution in [1.82, 2.24) is 0 Å². The molecule has 0 unspecified atom stereocenters. The van der Waals surface area contributed by atoms with Crippen LogP contribution in [0.4, 0.5) is 0 Å². The van der Waals surface area contributed by atoms with Crippen LogP contribution in [0, 0.1) is 5.92 Å². The van der Waals surface area contributed by atoms with Gasteiger partial charge in [-0.15, -0.1) is 0 Å². The Morgan fingerprint density at radius 1 is 0.733 bits per heavy atom. The summed E-state index contributed by atoms with van der Waals surface area (Å²) in [5.41, 5.74) is 4.50. The van der Waals surface area contributed by atoms with Crippen LogP contribution in [-0.2, 0) is 9.53 Å². The molecule has 3 aromatic carbocycles. The van der Waals surface area contributed by atoms with Gasteiger partial charge in [0, 0.05) is 11.8 Å². The van der Waals surface area contributed by atoms with Gasteiger partial charge in [0.05, 0.1) is 26.7 Å². The summed E-state index contributed by atoms with van der Waals surface area (Å²) in [5.74, 6) is 0.907. The predicted octanol–water partition coefficient (Wildman–Crippen LogP) is 5.16. The Hall–Kier alpha value is -3.27. The third-order valence-electron chi connectivity index (χ3n) is 5.89. The van der Waals surface area contributed by atoms with Crippen LogP contribution < -0.4 is 9.47 Å². The molecule has 154 valence electrons. The molecular formula is C26H26O4. The van der Waals surface area contributed by atoms with E-state index in [1.165, 1.54) is 11.1 Å². The summed E-state index contributed by atoms with van der Waals surface area (Å²) >= 11 is 0. The zero-order valence-electron chi connectivity index (χ0n) is 17.5. The van der Waals surface area contributed by atoms with Crippen molar-refractivity contribution in [3.63, 3.8) is 0 Å². The molecule has 4 rings (SSSR count). The van der Waals surface area contributed by atoms with Gasteiger partial charge in [0.25, 0.3) is 0 Å². The number of carbonyl (C=O) groups is 1. The molecule has 4 heteroatoms. The maximum atomic E-state index is 13.3. The van der Waals surface area contributed by atoms with Crippen molar-refractivity contribution >= 4 is 5.97 Å². The molecule has 0 bridgehead atoms. The second-order valence-corrected chi connectivity index (χ2v) is 7.41. The van der Waals surface area contributed by atoms with Crippen LogP contribution in [0.5, 0.6) is 11.5 Å². The number of benzene rings is 3. The fourth-order valence-electron chi connectivity index (χ4n) is 4.56. The Morgan fingerprint density at radius 3 is 1.53 bits per heavy atom. The van der Waals surface area contributed by atoms with E-state index in [9.17, 15) is 4.79 Å². The van der Waals surface area contributed by atoms with E-state index < -0.39 is 0 Å². The zero-order valence-corrected chi connectivity index (χ0v) is 17.5. The first kappa shape index (κ1) is 20.0. The lowest BCUT2D eigenvalue weighted by Gasteiger charge is -2.25. The number of carbonyl (C=O) groups excluding carboxylic acids is 1. The maximum Gasteiger partial charge on any atom is 0.310 e. The molecule has 0 saturated heterocycles. The van der Waals surface area contributed by atoms with Crippen LogP contribution in [0.2, 0.25) is 0 Å². The van der Waals surface area contributed by atoms with E-state index in [1.807, 2.05) is 67.6 Å². The molecule has 0 radical (unpaired) electrons. The van der Waals surface area contributed by atoms with Crippen molar-refractivity contribution in [2.75, 3.05) is 20.8 Å². The monoisotopic (exact) mass is 402 g/mol. The molecule has 0 aromatic heterocycles. The zero-order chi connectivity index (χ0) is 21.1. The minimum absolute atomic E-state index is 0.0849. The SMILES string of the molecule is CCOC(=O)[C@@H]1[C@H](c2ccc(OC)cc2)c2ccccc2[C@@H]1c1ccc(OC)cc1. The molecule has 0 N–H and O–H groups in total. The van der Waals surface area contributed by atoms with Gasteiger partial charge in [0.1, 0.15) is 11.5 Å². The number of hydrogen-bond donors (Lipinski definition) is 0. The molecule has 1 aliphatic carbocycles. The number of fused-ring (bicyclic) bond motifs is 1. The Bertz CT molecular complexity index is 933. The highest BCUT2D eigenvalue weighted by Gasteiger charge is 2.46. The lowest BCUT2D eigenvalue weighted by Crippen LogP contribution is -2.26. The predicted molar refractivity (Wildman–Crippen MR) is 116 cm³/mol. The van der Waals surface area contributed by atoms with Gasteiger partial charge in [-0.1, -0.05) is 48.5 Å². The van der Waals surface area contributed by atoms with E-state index in [2.05, 4.69) is 12.1 Å². The van der Waals surface area contributed by atoms with Gasteiger partial charge < -0.3 is 14.2 Å². The maximum absolute atomic E-state index is 13.3. The van der Waals surface area contributed by atoms with Crippen molar-refractivity contribution in [1.29, 1.82) is 0 Å². The Balaban J connectivity index is 1.86. The van der Waals surface area contributed by atoms with E-state index in [-0.39, 0.29) is 23.7 Å². The first-order chi connectivity index (χ1) is 14.7. The molecule has 4 nitrogen and oxygen atoms in total. The van der Waals surface area contributed by atoms with Gasteiger partial charge in [-0.2, -0.15) is 0 Å². The van der Waals surface area contributed by atoms with Crippen LogP contribution in [0.15, 0.2) is 72.8 Å². The Labute approximate surface area is 177 Å². The molecule has 30 heavy (non-hydrogen) atoms. The fourth-order valence-corrected chi connectivity index (χ4v) is 4.56. The first-order valence-corrected chi connectivity index (χ1v) is 10.2. The van der Waals surface area contributed by atoms with E-state index >= 15 is 0 Å². The third-order valence-corrected chi connectivity index (χ3v) is 5.89. The van der Waals surface area contributed by atoms with Crippen molar-refractivity contribution in [3.05, 3.63) is 95.1 Å². The molecule has 0 aliphatic heterocycles. The molecule has 0 saturated carbocycles. The van der Waals surface area contributed by atoms with E-state index in [1.54, 1.807) is 14.2 Å². The van der Waals surface area contributed by atoms with E-state index in [0.29, 0.717) is 6.61 Å². The number of esters is 1. The fraction of sp³-hybridized carbons (Fsp3) is 0.269. The molecule has 0 spiro atoms. The van der Waals surface area contributed by atoms with Gasteiger partial charge in [-0.25, -0.2) is 0 Å². The number of ether oxygens (including phenoxy) is 3. The summed E-state index contributed by atoms with van der Waals surface area (Å²) in [6, 6.07) is 24.3. The Kier molecular flexibility index (Phi) is 5.75. The van der Waals surface area contributed by atoms with Crippen molar-refractivity contribution in [2.45, 2.75) is 18.8 Å². The largest absolute Gasteiger partial charge is 0.497 e. The summed E-state index contributed by atoms with van der Waals surface area (Å²) in [6.45, 7) is 2.21. The average molecular weight is 402 g/mol. The van der Waals surface area contributed by atoms with Crippen molar-refractivity contribution < 1.29 is 19.0 Å². The highest BCUT2D eigenvalue weighted by molar-refractivity contribution is 5.79. The third kappa shape index (κ3) is 3.54. The van der Waals surface area contributed by atoms with E-state index in [0.717, 1.165) is 22.6 Å². The smallest absolute Gasteiger partial charge is 0.310 e.